The molecule has 0 radical (unpaired) electrons. The van der Waals surface area contributed by atoms with E-state index in [-0.39, 0.29) is 31.8 Å². The number of guanidine groups is 1. The molecule has 182 valence electrons. The smallest absolute Gasteiger partial charge is 0.326 e. The number of hydrogen-bond donors (Lipinski definition) is 8. The number of nitrogens with zero attached hydrogens (tertiary/aromatic N) is 1. The van der Waals surface area contributed by atoms with Crippen LogP contribution in [0.15, 0.2) is 4.99 Å². The second-order valence-electron chi connectivity index (χ2n) is 7.34. The van der Waals surface area contributed by atoms with Crippen LogP contribution in [0.25, 0.3) is 0 Å². The number of amides is 3. The van der Waals surface area contributed by atoms with Gasteiger partial charge in [0.25, 0.3) is 0 Å². The van der Waals surface area contributed by atoms with Crippen LogP contribution in [0.4, 0.5) is 0 Å². The van der Waals surface area contributed by atoms with Crippen LogP contribution in [-0.4, -0.2) is 77.0 Å². The molecular weight excluding hydrogens is 426 g/mol. The van der Waals surface area contributed by atoms with Gasteiger partial charge in [-0.25, -0.2) is 4.79 Å². The molecule has 0 aromatic carbocycles. The molecule has 0 aliphatic carbocycles. The maximum Gasteiger partial charge on any atom is 0.326 e. The Balaban J connectivity index is 5.49. The van der Waals surface area contributed by atoms with Crippen molar-refractivity contribution in [2.45, 2.75) is 57.7 Å². The molecule has 0 bridgehead atoms. The summed E-state index contributed by atoms with van der Waals surface area (Å²) in [5, 5.41) is 25.3. The van der Waals surface area contributed by atoms with Gasteiger partial charge in [0.05, 0.1) is 6.54 Å². The van der Waals surface area contributed by atoms with Crippen molar-refractivity contribution in [2.75, 3.05) is 13.1 Å². The monoisotopic (exact) mass is 459 g/mol. The fourth-order valence-electron chi connectivity index (χ4n) is 2.60. The standard InChI is InChI=1S/C18H33N7O7/c1-9(2)14(17(31)32)25-16(30)10(4-3-7-22-18(20)21)24-15(29)11(5-6-13(27)28)23-12(26)8-19/h9-11,14H,3-8,19H2,1-2H3,(H,23,26)(H,24,29)(H,25,30)(H,27,28)(H,31,32)(H4,20,21,22). The maximum absolute atomic E-state index is 12.7. The molecule has 0 aliphatic rings. The molecular formula is C18H33N7O7. The number of hydrogen-bond acceptors (Lipinski definition) is 7. The minimum absolute atomic E-state index is 0.0509. The Morgan fingerprint density at radius 3 is 1.94 bits per heavy atom. The molecule has 0 aromatic heterocycles. The van der Waals surface area contributed by atoms with Crippen molar-refractivity contribution in [1.82, 2.24) is 16.0 Å². The number of carboxylic acid groups (broad SMARTS) is 2. The lowest BCUT2D eigenvalue weighted by Crippen LogP contribution is -2.57. The first-order valence-electron chi connectivity index (χ1n) is 9.99. The second-order valence-corrected chi connectivity index (χ2v) is 7.34. The molecule has 32 heavy (non-hydrogen) atoms. The van der Waals surface area contributed by atoms with Crippen molar-refractivity contribution in [3.8, 4) is 0 Å². The lowest BCUT2D eigenvalue weighted by molar-refractivity contribution is -0.143. The number of carbonyl (C=O) groups is 5. The summed E-state index contributed by atoms with van der Waals surface area (Å²) >= 11 is 0. The highest BCUT2D eigenvalue weighted by atomic mass is 16.4. The number of nitrogens with one attached hydrogen (secondary N) is 3. The summed E-state index contributed by atoms with van der Waals surface area (Å²) in [6.45, 7) is 2.94. The second kappa shape index (κ2) is 14.6. The molecule has 3 atom stereocenters. The van der Waals surface area contributed by atoms with Gasteiger partial charge in [0.15, 0.2) is 5.96 Å². The summed E-state index contributed by atoms with van der Waals surface area (Å²) in [5.74, 6) is -5.26. The highest BCUT2D eigenvalue weighted by Gasteiger charge is 2.30. The minimum atomic E-state index is -1.25. The molecule has 0 rings (SSSR count). The molecule has 0 aliphatic heterocycles. The minimum Gasteiger partial charge on any atom is -0.481 e. The molecule has 11 N–H and O–H groups in total. The zero-order valence-corrected chi connectivity index (χ0v) is 18.2. The van der Waals surface area contributed by atoms with Crippen molar-refractivity contribution in [2.24, 2.45) is 28.1 Å². The van der Waals surface area contributed by atoms with E-state index in [2.05, 4.69) is 20.9 Å². The van der Waals surface area contributed by atoms with Crippen LogP contribution in [0.3, 0.4) is 0 Å². The Kier molecular flexibility index (Phi) is 13.0. The van der Waals surface area contributed by atoms with Crippen LogP contribution < -0.4 is 33.2 Å². The predicted octanol–water partition coefficient (Wildman–Crippen LogP) is -2.94. The predicted molar refractivity (Wildman–Crippen MR) is 114 cm³/mol. The molecule has 0 saturated heterocycles. The highest BCUT2D eigenvalue weighted by molar-refractivity contribution is 5.93. The van der Waals surface area contributed by atoms with Crippen molar-refractivity contribution < 1.29 is 34.2 Å². The number of nitrogens with two attached hydrogens (primary N) is 3. The van der Waals surface area contributed by atoms with Crippen molar-refractivity contribution in [3.05, 3.63) is 0 Å². The highest BCUT2D eigenvalue weighted by Crippen LogP contribution is 2.06. The fourth-order valence-corrected chi connectivity index (χ4v) is 2.60. The van der Waals surface area contributed by atoms with Crippen LogP contribution in [0.2, 0.25) is 0 Å². The topological polar surface area (TPSA) is 252 Å². The summed E-state index contributed by atoms with van der Waals surface area (Å²) in [5.41, 5.74) is 15.7. The molecule has 0 heterocycles. The lowest BCUT2D eigenvalue weighted by Gasteiger charge is -2.25. The third-order valence-electron chi connectivity index (χ3n) is 4.29. The van der Waals surface area contributed by atoms with E-state index in [9.17, 15) is 29.1 Å². The third-order valence-corrected chi connectivity index (χ3v) is 4.29. The molecule has 3 amide bonds. The van der Waals surface area contributed by atoms with E-state index < -0.39 is 66.7 Å². The first-order chi connectivity index (χ1) is 14.9. The SMILES string of the molecule is CC(C)C(NC(=O)C(CCCN=C(N)N)NC(=O)C(CCC(=O)O)NC(=O)CN)C(=O)O. The maximum atomic E-state index is 12.7. The van der Waals surface area contributed by atoms with Gasteiger partial charge in [-0.3, -0.25) is 24.2 Å². The summed E-state index contributed by atoms with van der Waals surface area (Å²) in [4.78, 5) is 63.1. The largest absolute Gasteiger partial charge is 0.481 e. The first-order valence-corrected chi connectivity index (χ1v) is 9.99. The molecule has 3 unspecified atom stereocenters. The lowest BCUT2D eigenvalue weighted by atomic mass is 10.0. The van der Waals surface area contributed by atoms with Gasteiger partial charge in [-0.1, -0.05) is 13.8 Å². The Morgan fingerprint density at radius 1 is 0.906 bits per heavy atom. The fraction of sp³-hybridized carbons (Fsp3) is 0.667. The Bertz CT molecular complexity index is 708. The Hall–Kier alpha value is -3.42. The number of aliphatic carboxylic acids is 2. The molecule has 0 aromatic rings. The zero-order valence-electron chi connectivity index (χ0n) is 18.2. The van der Waals surface area contributed by atoms with E-state index >= 15 is 0 Å². The van der Waals surface area contributed by atoms with Gasteiger partial charge in [0, 0.05) is 13.0 Å². The number of aliphatic imine (C=N–C) groups is 1. The van der Waals surface area contributed by atoms with Crippen molar-refractivity contribution in [3.63, 3.8) is 0 Å². The van der Waals surface area contributed by atoms with Gasteiger partial charge in [-0.05, 0) is 25.2 Å². The van der Waals surface area contributed by atoms with Gasteiger partial charge in [0.1, 0.15) is 18.1 Å². The average molecular weight is 460 g/mol. The van der Waals surface area contributed by atoms with E-state index in [1.807, 2.05) is 0 Å². The summed E-state index contributed by atoms with van der Waals surface area (Å²) in [6.07, 6.45) is -0.336. The van der Waals surface area contributed by atoms with E-state index in [0.717, 1.165) is 0 Å². The normalized spacial score (nSPS) is 13.4. The quantitative estimate of drug-likeness (QED) is 0.0702. The molecule has 14 nitrogen and oxygen atoms in total. The van der Waals surface area contributed by atoms with Crippen LogP contribution in [-0.2, 0) is 24.0 Å². The van der Waals surface area contributed by atoms with E-state index in [4.69, 9.17) is 22.3 Å². The van der Waals surface area contributed by atoms with Gasteiger partial charge in [-0.15, -0.1) is 0 Å². The molecule has 0 fully saturated rings. The molecule has 14 heteroatoms. The zero-order chi connectivity index (χ0) is 24.8. The number of carbonyl (C=O) groups excluding carboxylic acids is 3. The van der Waals surface area contributed by atoms with Gasteiger partial charge in [0.2, 0.25) is 17.7 Å². The molecule has 0 spiro atoms. The Morgan fingerprint density at radius 2 is 1.47 bits per heavy atom. The number of rotatable bonds is 15. The van der Waals surface area contributed by atoms with E-state index in [1.165, 1.54) is 0 Å². The third kappa shape index (κ3) is 11.7. The van der Waals surface area contributed by atoms with E-state index in [1.54, 1.807) is 13.8 Å². The molecule has 0 saturated carbocycles. The first kappa shape index (κ1) is 28.6. The van der Waals surface area contributed by atoms with Crippen molar-refractivity contribution >= 4 is 35.6 Å². The summed E-state index contributed by atoms with van der Waals surface area (Å²) < 4.78 is 0. The van der Waals surface area contributed by atoms with Crippen LogP contribution >= 0.6 is 0 Å². The van der Waals surface area contributed by atoms with Gasteiger partial charge < -0.3 is 43.4 Å². The van der Waals surface area contributed by atoms with Crippen LogP contribution in [0.5, 0.6) is 0 Å². The average Bonchev–Trinajstić information content (AvgIpc) is 2.69. The Labute approximate surface area is 185 Å². The number of carboxylic acids is 2. The van der Waals surface area contributed by atoms with E-state index in [0.29, 0.717) is 0 Å². The summed E-state index contributed by atoms with van der Waals surface area (Å²) in [7, 11) is 0. The van der Waals surface area contributed by atoms with Crippen LogP contribution in [0.1, 0.15) is 39.5 Å². The van der Waals surface area contributed by atoms with Crippen LogP contribution in [0, 0.1) is 5.92 Å². The van der Waals surface area contributed by atoms with Gasteiger partial charge >= 0.3 is 11.9 Å². The van der Waals surface area contributed by atoms with Gasteiger partial charge in [-0.2, -0.15) is 0 Å². The van der Waals surface area contributed by atoms with Crippen molar-refractivity contribution in [1.29, 1.82) is 0 Å². The summed E-state index contributed by atoms with van der Waals surface area (Å²) in [6, 6.07) is -3.63.